The van der Waals surface area contributed by atoms with E-state index in [0.29, 0.717) is 13.1 Å². The number of pyridine rings is 1. The van der Waals surface area contributed by atoms with Crippen LogP contribution >= 0.6 is 0 Å². The maximum atomic E-state index is 14.5. The third kappa shape index (κ3) is 2.43. The van der Waals surface area contributed by atoms with Crippen LogP contribution in [0.3, 0.4) is 0 Å². The molecule has 134 valence electrons. The number of fused-ring (bicyclic) bond motifs is 1. The summed E-state index contributed by atoms with van der Waals surface area (Å²) in [4.78, 5) is 30.6. The van der Waals surface area contributed by atoms with E-state index in [4.69, 9.17) is 0 Å². The minimum absolute atomic E-state index is 0.0420. The zero-order chi connectivity index (χ0) is 18.4. The molecule has 7 nitrogen and oxygen atoms in total. The molecular formula is C17H14F2N4O3. The molecule has 1 saturated heterocycles. The zero-order valence-corrected chi connectivity index (χ0v) is 13.5. The third-order valence-corrected chi connectivity index (χ3v) is 4.43. The number of nitrogens with zero attached hydrogens (tertiary/aromatic N) is 4. The molecule has 0 amide bonds. The first kappa shape index (κ1) is 16.2. The van der Waals surface area contributed by atoms with Gasteiger partial charge in [0.25, 0.3) is 5.56 Å². The highest BCUT2D eigenvalue weighted by molar-refractivity contribution is 5.78. The van der Waals surface area contributed by atoms with E-state index in [0.717, 1.165) is 35.6 Å². The maximum Gasteiger partial charge on any atom is 0.370 e. The van der Waals surface area contributed by atoms with Crippen LogP contribution in [0.1, 0.15) is 12.8 Å². The quantitative estimate of drug-likeness (QED) is 0.703. The first-order valence-electron chi connectivity index (χ1n) is 8.06. The predicted octanol–water partition coefficient (Wildman–Crippen LogP) is 1.66. The molecule has 0 aliphatic carbocycles. The van der Waals surface area contributed by atoms with Gasteiger partial charge in [0.05, 0.1) is 11.1 Å². The molecule has 1 aliphatic rings. The Bertz CT molecular complexity index is 1120. The first-order chi connectivity index (χ1) is 12.5. The average molecular weight is 360 g/mol. The zero-order valence-electron chi connectivity index (χ0n) is 13.5. The minimum Gasteiger partial charge on any atom is -0.421 e. The Kier molecular flexibility index (Phi) is 3.71. The summed E-state index contributed by atoms with van der Waals surface area (Å²) in [5.74, 6) is -1.18. The van der Waals surface area contributed by atoms with Crippen LogP contribution in [0.2, 0.25) is 0 Å². The van der Waals surface area contributed by atoms with Gasteiger partial charge in [0.15, 0.2) is 17.3 Å². The summed E-state index contributed by atoms with van der Waals surface area (Å²) in [6.45, 7) is 1.24. The summed E-state index contributed by atoms with van der Waals surface area (Å²) < 4.78 is 28.6. The second-order valence-corrected chi connectivity index (χ2v) is 6.07. The van der Waals surface area contributed by atoms with Crippen molar-refractivity contribution in [3.63, 3.8) is 0 Å². The highest BCUT2D eigenvalue weighted by atomic mass is 19.1. The Morgan fingerprint density at radius 2 is 1.69 bits per heavy atom. The maximum absolute atomic E-state index is 14.5. The normalized spacial score (nSPS) is 14.3. The van der Waals surface area contributed by atoms with Crippen molar-refractivity contribution in [2.24, 2.45) is 0 Å². The van der Waals surface area contributed by atoms with Gasteiger partial charge in [0.2, 0.25) is 0 Å². The van der Waals surface area contributed by atoms with E-state index in [1.165, 1.54) is 12.1 Å². The van der Waals surface area contributed by atoms with Crippen molar-refractivity contribution in [1.82, 2.24) is 14.3 Å². The number of halogens is 2. The Morgan fingerprint density at radius 1 is 1.04 bits per heavy atom. The molecule has 0 saturated carbocycles. The SMILES string of the molecule is O=c1c2cc(F)c(N3CCCC3)nc2n(-c2ccc(F)cc2)c(=O)n1O. The number of hydrogen-bond acceptors (Lipinski definition) is 5. The molecule has 3 aromatic rings. The lowest BCUT2D eigenvalue weighted by molar-refractivity contribution is 0.160. The molecule has 26 heavy (non-hydrogen) atoms. The van der Waals surface area contributed by atoms with Crippen LogP contribution in [-0.2, 0) is 0 Å². The third-order valence-electron chi connectivity index (χ3n) is 4.43. The van der Waals surface area contributed by atoms with Crippen molar-refractivity contribution in [2.75, 3.05) is 18.0 Å². The fourth-order valence-electron chi connectivity index (χ4n) is 3.16. The van der Waals surface area contributed by atoms with E-state index in [2.05, 4.69) is 4.98 Å². The van der Waals surface area contributed by atoms with Crippen molar-refractivity contribution in [3.8, 4) is 5.69 Å². The second-order valence-electron chi connectivity index (χ2n) is 6.07. The minimum atomic E-state index is -1.07. The van der Waals surface area contributed by atoms with E-state index in [1.54, 1.807) is 4.90 Å². The summed E-state index contributed by atoms with van der Waals surface area (Å²) in [7, 11) is 0. The van der Waals surface area contributed by atoms with Crippen LogP contribution in [0.5, 0.6) is 0 Å². The van der Waals surface area contributed by atoms with Crippen molar-refractivity contribution in [1.29, 1.82) is 0 Å². The van der Waals surface area contributed by atoms with Gasteiger partial charge >= 0.3 is 5.69 Å². The number of anilines is 1. The molecule has 3 heterocycles. The molecule has 2 aromatic heterocycles. The molecule has 0 unspecified atom stereocenters. The molecule has 1 fully saturated rings. The Labute approximate surface area is 145 Å². The molecule has 1 aliphatic heterocycles. The largest absolute Gasteiger partial charge is 0.421 e. The lowest BCUT2D eigenvalue weighted by Gasteiger charge is -2.18. The summed E-state index contributed by atoms with van der Waals surface area (Å²) in [6.07, 6.45) is 1.78. The van der Waals surface area contributed by atoms with Crippen molar-refractivity contribution >= 4 is 16.9 Å². The van der Waals surface area contributed by atoms with Gasteiger partial charge in [-0.15, -0.1) is 0 Å². The van der Waals surface area contributed by atoms with Crippen LogP contribution in [0, 0.1) is 11.6 Å². The highest BCUT2D eigenvalue weighted by Gasteiger charge is 2.22. The monoisotopic (exact) mass is 360 g/mol. The predicted molar refractivity (Wildman–Crippen MR) is 90.1 cm³/mol. The van der Waals surface area contributed by atoms with Gasteiger partial charge in [-0.25, -0.2) is 23.1 Å². The number of hydrogen-bond donors (Lipinski definition) is 1. The van der Waals surface area contributed by atoms with Gasteiger partial charge in [-0.1, -0.05) is 4.73 Å². The van der Waals surface area contributed by atoms with E-state index in [-0.39, 0.29) is 27.3 Å². The fourth-order valence-corrected chi connectivity index (χ4v) is 3.16. The average Bonchev–Trinajstić information content (AvgIpc) is 3.16. The number of benzene rings is 1. The lowest BCUT2D eigenvalue weighted by Crippen LogP contribution is -2.38. The molecular weight excluding hydrogens is 346 g/mol. The molecule has 1 N–H and O–H groups in total. The van der Waals surface area contributed by atoms with E-state index < -0.39 is 22.9 Å². The fraction of sp³-hybridized carbons (Fsp3) is 0.235. The van der Waals surface area contributed by atoms with Crippen molar-refractivity contribution in [2.45, 2.75) is 12.8 Å². The summed E-state index contributed by atoms with van der Waals surface area (Å²) in [5, 5.41) is 9.56. The van der Waals surface area contributed by atoms with E-state index in [1.807, 2.05) is 0 Å². The molecule has 4 rings (SSSR count). The van der Waals surface area contributed by atoms with Gasteiger partial charge in [-0.2, -0.15) is 0 Å². The number of rotatable bonds is 2. The van der Waals surface area contributed by atoms with Crippen LogP contribution in [0.25, 0.3) is 16.7 Å². The topological polar surface area (TPSA) is 80.4 Å². The summed E-state index contributed by atoms with van der Waals surface area (Å²) >= 11 is 0. The number of aromatic nitrogens is 3. The van der Waals surface area contributed by atoms with Gasteiger partial charge in [-0.05, 0) is 43.2 Å². The van der Waals surface area contributed by atoms with Crippen LogP contribution in [-0.4, -0.2) is 32.6 Å². The highest BCUT2D eigenvalue weighted by Crippen LogP contribution is 2.24. The Balaban J connectivity index is 2.08. The Hall–Kier alpha value is -3.23. The van der Waals surface area contributed by atoms with Gasteiger partial charge in [-0.3, -0.25) is 4.79 Å². The molecule has 0 atom stereocenters. The van der Waals surface area contributed by atoms with E-state index in [9.17, 15) is 23.6 Å². The van der Waals surface area contributed by atoms with Gasteiger partial charge in [0.1, 0.15) is 5.82 Å². The first-order valence-corrected chi connectivity index (χ1v) is 8.06. The molecule has 0 spiro atoms. The molecule has 1 aromatic carbocycles. The van der Waals surface area contributed by atoms with Crippen molar-refractivity contribution in [3.05, 3.63) is 62.8 Å². The summed E-state index contributed by atoms with van der Waals surface area (Å²) in [6, 6.07) is 5.84. The molecule has 9 heteroatoms. The Morgan fingerprint density at radius 3 is 2.35 bits per heavy atom. The van der Waals surface area contributed by atoms with Gasteiger partial charge < -0.3 is 10.1 Å². The van der Waals surface area contributed by atoms with Crippen molar-refractivity contribution < 1.29 is 14.0 Å². The van der Waals surface area contributed by atoms with E-state index >= 15 is 0 Å². The summed E-state index contributed by atoms with van der Waals surface area (Å²) in [5.41, 5.74) is -2.04. The molecule has 0 radical (unpaired) electrons. The smallest absolute Gasteiger partial charge is 0.370 e. The molecule has 0 bridgehead atoms. The lowest BCUT2D eigenvalue weighted by atomic mass is 10.2. The standard InChI is InChI=1S/C17H14F2N4O3/c18-10-3-5-11(6-4-10)22-14-12(16(24)23(26)17(22)25)9-13(19)15(20-14)21-7-1-2-8-21/h3-6,9,26H,1-2,7-8H2. The van der Waals surface area contributed by atoms with Crippen LogP contribution in [0.15, 0.2) is 39.9 Å². The van der Waals surface area contributed by atoms with Crippen LogP contribution in [0.4, 0.5) is 14.6 Å². The van der Waals surface area contributed by atoms with Gasteiger partial charge in [0, 0.05) is 13.1 Å². The second kappa shape index (κ2) is 5.94. The van der Waals surface area contributed by atoms with Crippen LogP contribution < -0.4 is 16.1 Å².